The minimum absolute atomic E-state index is 0.0541. The Morgan fingerprint density at radius 2 is 1.92 bits per heavy atom. The Morgan fingerprint density at radius 3 is 2.54 bits per heavy atom. The van der Waals surface area contributed by atoms with E-state index in [9.17, 15) is 18.5 Å². The van der Waals surface area contributed by atoms with Crippen LogP contribution in [0.3, 0.4) is 0 Å². The lowest BCUT2D eigenvalue weighted by Crippen LogP contribution is -2.25. The minimum atomic E-state index is -4.02. The van der Waals surface area contributed by atoms with Crippen molar-refractivity contribution in [2.45, 2.75) is 38.6 Å². The molecule has 0 spiro atoms. The lowest BCUT2D eigenvalue weighted by atomic mass is 10.1. The third kappa shape index (κ3) is 3.60. The Morgan fingerprint density at radius 1 is 1.21 bits per heavy atom. The van der Waals surface area contributed by atoms with Crippen molar-refractivity contribution in [3.8, 4) is 0 Å². The van der Waals surface area contributed by atoms with Gasteiger partial charge in [0, 0.05) is 25.0 Å². The van der Waals surface area contributed by atoms with Crippen LogP contribution < -0.4 is 4.72 Å². The van der Waals surface area contributed by atoms with Crippen LogP contribution in [0.15, 0.2) is 35.5 Å². The number of pyridine rings is 1. The molecule has 24 heavy (non-hydrogen) atoms. The molecule has 8 heteroatoms. The number of benzene rings is 1. The highest BCUT2D eigenvalue weighted by Gasteiger charge is 2.28. The summed E-state index contributed by atoms with van der Waals surface area (Å²) in [6.45, 7) is 5.29. The number of nitrogens with zero attached hydrogens (tertiary/aromatic N) is 2. The predicted octanol–water partition coefficient (Wildman–Crippen LogP) is 2.65. The Bertz CT molecular complexity index is 879. The van der Waals surface area contributed by atoms with E-state index >= 15 is 0 Å². The molecule has 2 aromatic rings. The summed E-state index contributed by atoms with van der Waals surface area (Å²) in [7, 11) is -4.02. The molecule has 1 heterocycles. The first-order valence-electron chi connectivity index (χ1n) is 7.44. The van der Waals surface area contributed by atoms with E-state index in [1.807, 2.05) is 6.92 Å². The van der Waals surface area contributed by atoms with Crippen LogP contribution in [0.25, 0.3) is 0 Å². The second-order valence-electron chi connectivity index (χ2n) is 5.44. The first-order valence-corrected chi connectivity index (χ1v) is 8.92. The van der Waals surface area contributed by atoms with Gasteiger partial charge in [-0.1, -0.05) is 13.0 Å². The zero-order chi connectivity index (χ0) is 17.9. The maximum Gasteiger partial charge on any atom is 0.289 e. The molecule has 0 aliphatic heterocycles. The maximum absolute atomic E-state index is 12.7. The highest BCUT2D eigenvalue weighted by molar-refractivity contribution is 7.89. The largest absolute Gasteiger partial charge is 0.289 e. The summed E-state index contributed by atoms with van der Waals surface area (Å²) < 4.78 is 27.8. The smallest absolute Gasteiger partial charge is 0.264 e. The van der Waals surface area contributed by atoms with Gasteiger partial charge in [-0.3, -0.25) is 15.1 Å². The van der Waals surface area contributed by atoms with E-state index in [4.69, 9.17) is 0 Å². The number of rotatable bonds is 6. The van der Waals surface area contributed by atoms with E-state index in [0.29, 0.717) is 17.5 Å². The Hall–Kier alpha value is -2.32. The van der Waals surface area contributed by atoms with Gasteiger partial charge in [-0.15, -0.1) is 0 Å². The predicted molar refractivity (Wildman–Crippen MR) is 90.2 cm³/mol. The Balaban J connectivity index is 2.41. The van der Waals surface area contributed by atoms with Crippen LogP contribution in [0.5, 0.6) is 0 Å². The molecule has 0 fully saturated rings. The molecule has 0 bridgehead atoms. The molecule has 0 saturated carbocycles. The van der Waals surface area contributed by atoms with Crippen molar-refractivity contribution >= 4 is 15.7 Å². The molecule has 0 amide bonds. The van der Waals surface area contributed by atoms with E-state index < -0.39 is 20.6 Å². The standard InChI is InChI=1S/C16H19N3O4S/c1-4-13-9-17-8-7-14(13)10-18-24(22,23)16-12(3)11(2)5-6-15(16)19(20)21/h5-9,18H,4,10H2,1-3H3. The maximum atomic E-state index is 12.7. The summed E-state index contributed by atoms with van der Waals surface area (Å²) in [5.41, 5.74) is 2.36. The number of aryl methyl sites for hydroxylation is 2. The fraction of sp³-hybridized carbons (Fsp3) is 0.312. The number of nitrogens with one attached hydrogen (secondary N) is 1. The van der Waals surface area contributed by atoms with E-state index in [-0.39, 0.29) is 11.4 Å². The summed E-state index contributed by atoms with van der Waals surface area (Å²) in [6, 6.07) is 4.50. The quantitative estimate of drug-likeness (QED) is 0.638. The Kier molecular flexibility index (Phi) is 5.30. The summed E-state index contributed by atoms with van der Waals surface area (Å²) in [5.74, 6) is 0. The molecule has 0 aliphatic carbocycles. The molecule has 1 aromatic carbocycles. The highest BCUT2D eigenvalue weighted by Crippen LogP contribution is 2.29. The normalized spacial score (nSPS) is 11.5. The van der Waals surface area contributed by atoms with E-state index in [2.05, 4.69) is 9.71 Å². The van der Waals surface area contributed by atoms with Crippen molar-refractivity contribution in [2.75, 3.05) is 0 Å². The van der Waals surface area contributed by atoms with Crippen LogP contribution in [-0.4, -0.2) is 18.3 Å². The van der Waals surface area contributed by atoms with Gasteiger partial charge in [0.1, 0.15) is 0 Å². The third-order valence-corrected chi connectivity index (χ3v) is 5.54. The van der Waals surface area contributed by atoms with Gasteiger partial charge in [-0.25, -0.2) is 13.1 Å². The van der Waals surface area contributed by atoms with Crippen molar-refractivity contribution in [2.24, 2.45) is 0 Å². The summed E-state index contributed by atoms with van der Waals surface area (Å²) in [6.07, 6.45) is 3.99. The number of nitro groups is 1. The van der Waals surface area contributed by atoms with E-state index in [1.54, 1.807) is 38.4 Å². The van der Waals surface area contributed by atoms with Crippen molar-refractivity contribution in [3.05, 3.63) is 63.0 Å². The molecule has 2 rings (SSSR count). The zero-order valence-electron chi connectivity index (χ0n) is 13.7. The fourth-order valence-electron chi connectivity index (χ4n) is 2.45. The Labute approximate surface area is 140 Å². The molecule has 0 aliphatic rings. The molecule has 7 nitrogen and oxygen atoms in total. The van der Waals surface area contributed by atoms with Crippen molar-refractivity contribution < 1.29 is 13.3 Å². The molecular formula is C16H19N3O4S. The van der Waals surface area contributed by atoms with Crippen LogP contribution in [0.4, 0.5) is 5.69 Å². The van der Waals surface area contributed by atoms with Crippen molar-refractivity contribution in [1.29, 1.82) is 0 Å². The minimum Gasteiger partial charge on any atom is -0.264 e. The lowest BCUT2D eigenvalue weighted by molar-refractivity contribution is -0.387. The van der Waals surface area contributed by atoms with Crippen LogP contribution in [0, 0.1) is 24.0 Å². The van der Waals surface area contributed by atoms with Gasteiger partial charge in [0.05, 0.1) is 4.92 Å². The molecule has 0 unspecified atom stereocenters. The molecular weight excluding hydrogens is 330 g/mol. The molecule has 0 radical (unpaired) electrons. The summed E-state index contributed by atoms with van der Waals surface area (Å²) in [5, 5.41) is 11.2. The van der Waals surface area contributed by atoms with Crippen LogP contribution in [-0.2, 0) is 23.0 Å². The highest BCUT2D eigenvalue weighted by atomic mass is 32.2. The molecule has 0 atom stereocenters. The second kappa shape index (κ2) is 7.06. The van der Waals surface area contributed by atoms with Crippen LogP contribution in [0.2, 0.25) is 0 Å². The SMILES string of the molecule is CCc1cnccc1CNS(=O)(=O)c1c([N+](=O)[O-])ccc(C)c1C. The summed E-state index contributed by atoms with van der Waals surface area (Å²) in [4.78, 5) is 14.3. The molecule has 1 aromatic heterocycles. The number of hydrogen-bond acceptors (Lipinski definition) is 5. The molecule has 0 saturated heterocycles. The summed E-state index contributed by atoms with van der Waals surface area (Å²) >= 11 is 0. The average molecular weight is 349 g/mol. The monoisotopic (exact) mass is 349 g/mol. The van der Waals surface area contributed by atoms with E-state index in [0.717, 1.165) is 11.1 Å². The second-order valence-corrected chi connectivity index (χ2v) is 7.14. The van der Waals surface area contributed by atoms with Gasteiger partial charge >= 0.3 is 0 Å². The first-order chi connectivity index (χ1) is 11.3. The van der Waals surface area contributed by atoms with Crippen LogP contribution in [0.1, 0.15) is 29.2 Å². The molecule has 128 valence electrons. The van der Waals surface area contributed by atoms with Gasteiger partial charge < -0.3 is 0 Å². The first kappa shape index (κ1) is 18.0. The third-order valence-electron chi connectivity index (χ3n) is 3.96. The fourth-order valence-corrected chi connectivity index (χ4v) is 3.92. The van der Waals surface area contributed by atoms with Gasteiger partial charge in [-0.2, -0.15) is 0 Å². The van der Waals surface area contributed by atoms with Gasteiger partial charge in [0.15, 0.2) is 4.90 Å². The van der Waals surface area contributed by atoms with Crippen molar-refractivity contribution in [1.82, 2.24) is 9.71 Å². The van der Waals surface area contributed by atoms with Gasteiger partial charge in [-0.05, 0) is 48.6 Å². The van der Waals surface area contributed by atoms with Crippen molar-refractivity contribution in [3.63, 3.8) is 0 Å². The molecule has 1 N–H and O–H groups in total. The topological polar surface area (TPSA) is 102 Å². The zero-order valence-corrected chi connectivity index (χ0v) is 14.6. The van der Waals surface area contributed by atoms with Gasteiger partial charge in [0.25, 0.3) is 5.69 Å². The lowest BCUT2D eigenvalue weighted by Gasteiger charge is -2.13. The number of nitro benzene ring substituents is 1. The van der Waals surface area contributed by atoms with Crippen LogP contribution >= 0.6 is 0 Å². The van der Waals surface area contributed by atoms with Gasteiger partial charge in [0.2, 0.25) is 10.0 Å². The van der Waals surface area contributed by atoms with E-state index in [1.165, 1.54) is 6.07 Å². The number of hydrogen-bond donors (Lipinski definition) is 1. The number of aromatic nitrogens is 1. The number of sulfonamides is 1. The average Bonchev–Trinajstić information content (AvgIpc) is 2.55.